The van der Waals surface area contributed by atoms with E-state index in [1.165, 1.54) is 0 Å². The van der Waals surface area contributed by atoms with Crippen LogP contribution in [-0.4, -0.2) is 26.1 Å². The summed E-state index contributed by atoms with van der Waals surface area (Å²) in [5.74, 6) is -2.35. The molecule has 63 valence electrons. The molecule has 0 rings (SSSR count). The number of nitrogens with one attached hydrogen (secondary N) is 1. The molecule has 1 unspecified atom stereocenters. The summed E-state index contributed by atoms with van der Waals surface area (Å²) in [7, 11) is 0. The molecule has 1 atom stereocenters. The number of carboxylic acid groups (broad SMARTS) is 1. The van der Waals surface area contributed by atoms with Crippen molar-refractivity contribution in [3.05, 3.63) is 5.73 Å². The summed E-state index contributed by atoms with van der Waals surface area (Å²) in [4.78, 5) is 21.1. The Morgan fingerprint density at radius 1 is 1.64 bits per heavy atom. The predicted octanol–water partition coefficient (Wildman–Crippen LogP) is 0.0575. The first kappa shape index (κ1) is 10.8. The van der Waals surface area contributed by atoms with Crippen molar-refractivity contribution in [3.8, 4) is 0 Å². The fourth-order valence-corrected chi connectivity index (χ4v) is 0.943. The molecule has 0 aromatic carbocycles. The second kappa shape index (κ2) is 3.49. The molecule has 0 fully saturated rings. The molecule has 0 aliphatic rings. The van der Waals surface area contributed by atoms with Crippen molar-refractivity contribution in [3.63, 3.8) is 0 Å². The van der Waals surface area contributed by atoms with Crippen molar-refractivity contribution < 1.29 is 30.3 Å². The van der Waals surface area contributed by atoms with Crippen molar-refractivity contribution in [1.29, 1.82) is 0 Å². The van der Waals surface area contributed by atoms with Crippen LogP contribution in [0, 0.1) is 0 Å². The fourth-order valence-electron chi connectivity index (χ4n) is 0.377. The molecular formula is C5H6FeNO3S. The maximum atomic E-state index is 10.7. The number of carbonyl (C=O) groups excluding carboxylic acids is 1. The van der Waals surface area contributed by atoms with Crippen molar-refractivity contribution in [2.24, 2.45) is 0 Å². The Labute approximate surface area is 76.9 Å². The summed E-state index contributed by atoms with van der Waals surface area (Å²) in [6.45, 7) is 1.02. The van der Waals surface area contributed by atoms with Crippen LogP contribution in [0.15, 0.2) is 0 Å². The van der Waals surface area contributed by atoms with Crippen molar-refractivity contribution in [2.45, 2.75) is 12.5 Å². The second-order valence-electron chi connectivity index (χ2n) is 1.89. The molecular weight excluding hydrogens is 210 g/mol. The first-order valence-electron chi connectivity index (χ1n) is 2.53. The van der Waals surface area contributed by atoms with Crippen LogP contribution in [0.4, 0.5) is 0 Å². The zero-order chi connectivity index (χ0) is 9.23. The number of rotatable bonds is 3. The Kier molecular flexibility index (Phi) is 3.44. The summed E-state index contributed by atoms with van der Waals surface area (Å²) >= 11 is 6.72. The molecule has 0 aromatic heterocycles. The summed E-state index contributed by atoms with van der Waals surface area (Å²) < 4.78 is -0.280. The van der Waals surface area contributed by atoms with E-state index in [1.54, 1.807) is 0 Å². The minimum atomic E-state index is -2.30. The zero-order valence-corrected chi connectivity index (χ0v) is 7.56. The van der Waals surface area contributed by atoms with Gasteiger partial charge in [0.2, 0.25) is 0 Å². The first-order valence-corrected chi connectivity index (χ1v) is 3.53. The van der Waals surface area contributed by atoms with E-state index < -0.39 is 17.3 Å². The third kappa shape index (κ3) is 1.90. The minimum absolute atomic E-state index is 0.280. The van der Waals surface area contributed by atoms with Gasteiger partial charge in [0.25, 0.3) is 0 Å². The van der Waals surface area contributed by atoms with Gasteiger partial charge in [-0.15, -0.1) is 0 Å². The quantitative estimate of drug-likeness (QED) is 0.397. The van der Waals surface area contributed by atoms with Crippen LogP contribution < -0.4 is 0 Å². The van der Waals surface area contributed by atoms with E-state index in [1.807, 2.05) is 0 Å². The van der Waals surface area contributed by atoms with Crippen LogP contribution in [0.1, 0.15) is 6.92 Å². The van der Waals surface area contributed by atoms with Crippen LogP contribution in [0.5, 0.6) is 0 Å². The van der Waals surface area contributed by atoms with E-state index >= 15 is 0 Å². The average Bonchev–Trinajstić information content (AvgIpc) is 1.84. The van der Waals surface area contributed by atoms with E-state index in [-0.39, 0.29) is 3.75 Å². The first-order chi connectivity index (χ1) is 4.83. The Bertz CT molecular complexity index is 192. The molecule has 4 nitrogen and oxygen atoms in total. The van der Waals surface area contributed by atoms with Crippen molar-refractivity contribution in [2.75, 3.05) is 0 Å². The van der Waals surface area contributed by atoms with E-state index in [4.69, 9.17) is 10.8 Å². The van der Waals surface area contributed by atoms with Gasteiger partial charge in [0.05, 0.1) is 0 Å². The van der Waals surface area contributed by atoms with Gasteiger partial charge in [-0.2, -0.15) is 0 Å². The van der Waals surface area contributed by atoms with Gasteiger partial charge in [0.15, 0.2) is 0 Å². The number of Topliss-reactive ketones (excluding diaryl/α,β-unsaturated/α-hetero) is 1. The molecule has 0 heterocycles. The zero-order valence-electron chi connectivity index (χ0n) is 5.56. The molecule has 0 bridgehead atoms. The van der Waals surface area contributed by atoms with E-state index in [0.717, 1.165) is 6.92 Å². The van der Waals surface area contributed by atoms with Crippen molar-refractivity contribution >= 4 is 28.1 Å². The SMILES string of the molecule is CC(=O)C([NH-])(C(=O)O)[C](S)=[Fe+]. The number of hydrogen-bond acceptors (Lipinski definition) is 3. The van der Waals surface area contributed by atoms with E-state index in [9.17, 15) is 9.59 Å². The normalized spacial score (nSPS) is 15.2. The van der Waals surface area contributed by atoms with Crippen LogP contribution in [0.2, 0.25) is 0 Å². The number of aliphatic carboxylic acids is 1. The molecule has 6 heteroatoms. The van der Waals surface area contributed by atoms with Gasteiger partial charge >= 0.3 is 76.6 Å². The second-order valence-corrected chi connectivity index (χ2v) is 3.29. The molecule has 0 spiro atoms. The van der Waals surface area contributed by atoms with E-state index in [0.29, 0.717) is 0 Å². The topological polar surface area (TPSA) is 78.2 Å². The molecule has 11 heavy (non-hydrogen) atoms. The molecule has 0 saturated heterocycles. The number of hydrogen-bond donors (Lipinski definition) is 2. The molecule has 0 amide bonds. The Hall–Kier alpha value is -0.161. The Morgan fingerprint density at radius 2 is 2.00 bits per heavy atom. The van der Waals surface area contributed by atoms with Crippen molar-refractivity contribution in [1.82, 2.24) is 0 Å². The maximum absolute atomic E-state index is 10.7. The van der Waals surface area contributed by atoms with E-state index in [2.05, 4.69) is 28.2 Å². The molecule has 2 N–H and O–H groups in total. The van der Waals surface area contributed by atoms with Gasteiger partial charge in [-0.1, -0.05) is 0 Å². The van der Waals surface area contributed by atoms with Gasteiger partial charge in [-0.25, -0.2) is 0 Å². The number of carbonyl (C=O) groups is 2. The van der Waals surface area contributed by atoms with Gasteiger partial charge < -0.3 is 0 Å². The number of carboxylic acids is 1. The molecule has 0 saturated carbocycles. The van der Waals surface area contributed by atoms with Gasteiger partial charge in [0.1, 0.15) is 0 Å². The summed E-state index contributed by atoms with van der Waals surface area (Å²) in [6.07, 6.45) is 0. The monoisotopic (exact) mass is 216 g/mol. The van der Waals surface area contributed by atoms with Gasteiger partial charge in [-0.3, -0.25) is 0 Å². The number of ketones is 1. The molecule has 0 aliphatic heterocycles. The fraction of sp³-hybridized carbons (Fsp3) is 0.400. The van der Waals surface area contributed by atoms with Crippen LogP contribution in [0.3, 0.4) is 0 Å². The standard InChI is InChI=1S/C5H6NO3S.Fe/c1-3(7)5(6,2-10)4(8)9;/h6,10H,1H3,(H,8,9);/q-1;+1. The molecule has 0 aliphatic carbocycles. The van der Waals surface area contributed by atoms with Gasteiger partial charge in [-0.05, 0) is 0 Å². The summed E-state index contributed by atoms with van der Waals surface area (Å²) in [5, 5.41) is 8.46. The summed E-state index contributed by atoms with van der Waals surface area (Å²) in [5.41, 5.74) is 4.86. The number of thiol groups is 1. The Balaban J connectivity index is 4.99. The van der Waals surface area contributed by atoms with Crippen LogP contribution in [0.25, 0.3) is 5.73 Å². The predicted molar refractivity (Wildman–Crippen MR) is 39.4 cm³/mol. The molecule has 0 aromatic rings. The Morgan fingerprint density at radius 3 is 2.00 bits per heavy atom. The average molecular weight is 216 g/mol. The third-order valence-corrected chi connectivity index (χ3v) is 1.90. The van der Waals surface area contributed by atoms with Gasteiger partial charge in [0, 0.05) is 0 Å². The van der Waals surface area contributed by atoms with Crippen LogP contribution >= 0.6 is 12.6 Å². The van der Waals surface area contributed by atoms with Crippen LogP contribution in [-0.2, 0) is 25.2 Å². The summed E-state index contributed by atoms with van der Waals surface area (Å²) in [6, 6.07) is 0. The molecule has 0 radical (unpaired) electrons. The third-order valence-electron chi connectivity index (χ3n) is 1.15.